The maximum atomic E-state index is 5.42. The van der Waals surface area contributed by atoms with Gasteiger partial charge in [0.25, 0.3) is 0 Å². The van der Waals surface area contributed by atoms with E-state index in [0.717, 1.165) is 84.0 Å². The van der Waals surface area contributed by atoms with E-state index in [9.17, 15) is 0 Å². The molecule has 8 heterocycles. The van der Waals surface area contributed by atoms with E-state index >= 15 is 0 Å². The molecule has 4 aromatic carbocycles. The molecule has 388 valence electrons. The number of aryl methyl sites for hydroxylation is 4. The number of benzene rings is 4. The third-order valence-corrected chi connectivity index (χ3v) is 12.7. The van der Waals surface area contributed by atoms with Gasteiger partial charge >= 0.3 is 0 Å². The van der Waals surface area contributed by atoms with E-state index in [1.165, 1.54) is 11.1 Å². The fourth-order valence-corrected chi connectivity index (χ4v) is 8.59. The van der Waals surface area contributed by atoms with Crippen molar-refractivity contribution < 1.29 is 14.2 Å². The Morgan fingerprint density at radius 1 is 0.474 bits per heavy atom. The summed E-state index contributed by atoms with van der Waals surface area (Å²) in [5.74, 6) is 4.07. The lowest BCUT2D eigenvalue weighted by Gasteiger charge is -2.14. The van der Waals surface area contributed by atoms with Crippen molar-refractivity contribution in [3.63, 3.8) is 0 Å². The van der Waals surface area contributed by atoms with Crippen LogP contribution in [0.4, 0.5) is 34.9 Å². The summed E-state index contributed by atoms with van der Waals surface area (Å²) in [5, 5.41) is 12.8. The molecule has 0 aliphatic rings. The number of hydrogen-bond donors (Lipinski definition) is 3. The lowest BCUT2D eigenvalue weighted by atomic mass is 10.1. The maximum Gasteiger partial charge on any atom is 0.229 e. The Balaban J connectivity index is 0.000000133. The van der Waals surface area contributed by atoms with E-state index in [2.05, 4.69) is 123 Å². The molecule has 17 nitrogen and oxygen atoms in total. The van der Waals surface area contributed by atoms with Crippen LogP contribution in [-0.2, 0) is 0 Å². The molecule has 0 saturated heterocycles. The molecular weight excluding hydrogens is 977 g/mol. The number of ether oxygens (including phenoxy) is 3. The van der Waals surface area contributed by atoms with Crippen LogP contribution in [0.5, 0.6) is 17.2 Å². The number of nitrogens with one attached hydrogen (secondary N) is 3. The standard InChI is InChI=1S/C23H22N4O3.2C19H17N5/c1-5-15-7-6-8-18(11-15)27-10-9-16-14-24-23(26-22(16)27)25-17-12-19(28-2)21(30-4)20(13-17)29-3;1-13-5-6-14(2)17(10-13)22-19-21-11-15-7-9-24(18(15)23-19)16-4-3-8-20-12-16;1-13-6-7-14(2)16(11-13)22-19-21-12-15-8-10-24(18(15)23-19)17-5-3-4-9-20-17/h5-14H,1H2,2-4H3,(H,24,25,26);2*3-12H,1-2H3,(H,21,22,23). The van der Waals surface area contributed by atoms with Gasteiger partial charge in [-0.05, 0) is 122 Å². The predicted molar refractivity (Wildman–Crippen MR) is 310 cm³/mol. The van der Waals surface area contributed by atoms with E-state index in [1.54, 1.807) is 39.9 Å². The summed E-state index contributed by atoms with van der Waals surface area (Å²) in [6, 6.07) is 40.0. The summed E-state index contributed by atoms with van der Waals surface area (Å²) in [4.78, 5) is 35.9. The minimum absolute atomic E-state index is 0.455. The van der Waals surface area contributed by atoms with Gasteiger partial charge in [-0.15, -0.1) is 0 Å². The zero-order valence-corrected chi connectivity index (χ0v) is 44.2. The van der Waals surface area contributed by atoms with Crippen molar-refractivity contribution in [1.82, 2.24) is 53.6 Å². The zero-order chi connectivity index (χ0) is 54.1. The first-order valence-electron chi connectivity index (χ1n) is 24.9. The fourth-order valence-electron chi connectivity index (χ4n) is 8.59. The highest BCUT2D eigenvalue weighted by molar-refractivity contribution is 5.81. The van der Waals surface area contributed by atoms with Crippen molar-refractivity contribution in [2.75, 3.05) is 37.3 Å². The lowest BCUT2D eigenvalue weighted by Crippen LogP contribution is -2.01. The second-order valence-electron chi connectivity index (χ2n) is 18.1. The second kappa shape index (κ2) is 23.0. The van der Waals surface area contributed by atoms with Gasteiger partial charge in [0, 0.05) is 101 Å². The summed E-state index contributed by atoms with van der Waals surface area (Å²) in [7, 11) is 4.72. The van der Waals surface area contributed by atoms with E-state index in [0.29, 0.717) is 35.1 Å². The highest BCUT2D eigenvalue weighted by Crippen LogP contribution is 2.40. The molecule has 12 rings (SSSR count). The number of nitrogens with zero attached hydrogens (tertiary/aromatic N) is 11. The fraction of sp³-hybridized carbons (Fsp3) is 0.115. The molecule has 0 aliphatic carbocycles. The van der Waals surface area contributed by atoms with Crippen LogP contribution >= 0.6 is 0 Å². The monoisotopic (exact) mass is 1030 g/mol. The SMILES string of the molecule is C=Cc1cccc(-n2ccc3cnc(Nc4cc(OC)c(OC)c(OC)c4)nc32)c1.Cc1ccc(C)c(Nc2ncc3ccn(-c4ccccn4)c3n2)c1.Cc1ccc(C)c(Nc2ncc3ccn(-c4cccnc4)c3n2)c1. The van der Waals surface area contributed by atoms with Gasteiger partial charge in [0.2, 0.25) is 23.6 Å². The summed E-state index contributed by atoms with van der Waals surface area (Å²) >= 11 is 0. The topological polar surface area (TPSA) is 182 Å². The molecule has 0 saturated carbocycles. The Bertz CT molecular complexity index is 3870. The Morgan fingerprint density at radius 3 is 1.53 bits per heavy atom. The zero-order valence-electron chi connectivity index (χ0n) is 44.2. The molecule has 0 aliphatic heterocycles. The third kappa shape index (κ3) is 11.3. The molecule has 0 atom stereocenters. The van der Waals surface area contributed by atoms with Crippen molar-refractivity contribution >= 4 is 74.1 Å². The van der Waals surface area contributed by atoms with Crippen LogP contribution in [0.1, 0.15) is 27.8 Å². The Labute approximate surface area is 451 Å². The van der Waals surface area contributed by atoms with Gasteiger partial charge in [-0.3, -0.25) is 14.1 Å². The minimum atomic E-state index is 0.455. The highest BCUT2D eigenvalue weighted by Gasteiger charge is 2.16. The molecule has 78 heavy (non-hydrogen) atoms. The number of methoxy groups -OCH3 is 3. The average molecular weight is 1030 g/mol. The van der Waals surface area contributed by atoms with Gasteiger partial charge in [0.15, 0.2) is 17.1 Å². The number of hydrogen-bond acceptors (Lipinski definition) is 14. The van der Waals surface area contributed by atoms with E-state index < -0.39 is 0 Å². The lowest BCUT2D eigenvalue weighted by molar-refractivity contribution is 0.324. The van der Waals surface area contributed by atoms with Crippen LogP contribution < -0.4 is 30.2 Å². The third-order valence-electron chi connectivity index (χ3n) is 12.7. The molecule has 0 radical (unpaired) electrons. The Kier molecular flexibility index (Phi) is 15.1. The van der Waals surface area contributed by atoms with Gasteiger partial charge in [-0.2, -0.15) is 15.0 Å². The van der Waals surface area contributed by atoms with E-state index in [4.69, 9.17) is 24.2 Å². The molecule has 3 N–H and O–H groups in total. The second-order valence-corrected chi connectivity index (χ2v) is 18.1. The molecule has 12 aromatic rings. The smallest absolute Gasteiger partial charge is 0.229 e. The van der Waals surface area contributed by atoms with Crippen LogP contribution in [0.2, 0.25) is 0 Å². The van der Waals surface area contributed by atoms with Crippen molar-refractivity contribution in [1.29, 1.82) is 0 Å². The maximum absolute atomic E-state index is 5.42. The minimum Gasteiger partial charge on any atom is -0.493 e. The summed E-state index contributed by atoms with van der Waals surface area (Å²) < 4.78 is 22.2. The van der Waals surface area contributed by atoms with Gasteiger partial charge in [0.05, 0.1) is 33.2 Å². The molecule has 0 amide bonds. The van der Waals surface area contributed by atoms with Crippen LogP contribution in [0.25, 0.3) is 56.4 Å². The van der Waals surface area contributed by atoms with Crippen LogP contribution in [0.3, 0.4) is 0 Å². The Hall–Kier alpha value is -10.4. The largest absolute Gasteiger partial charge is 0.493 e. The van der Waals surface area contributed by atoms with Crippen molar-refractivity contribution in [3.8, 4) is 34.4 Å². The van der Waals surface area contributed by atoms with Crippen molar-refractivity contribution in [2.45, 2.75) is 27.7 Å². The molecular formula is C61H56N14O3. The number of anilines is 6. The normalized spacial score (nSPS) is 10.8. The first-order valence-corrected chi connectivity index (χ1v) is 24.9. The summed E-state index contributed by atoms with van der Waals surface area (Å²) in [6.45, 7) is 12.1. The molecule has 17 heteroatoms. The van der Waals surface area contributed by atoms with Gasteiger partial charge < -0.3 is 34.7 Å². The van der Waals surface area contributed by atoms with Gasteiger partial charge in [-0.1, -0.05) is 55.1 Å². The summed E-state index contributed by atoms with van der Waals surface area (Å²) in [6.07, 6.45) is 18.6. The van der Waals surface area contributed by atoms with E-state index in [-0.39, 0.29) is 0 Å². The number of fused-ring (bicyclic) bond motifs is 3. The number of pyridine rings is 2. The first kappa shape index (κ1) is 51.1. The van der Waals surface area contributed by atoms with Gasteiger partial charge in [-0.25, -0.2) is 19.9 Å². The first-order chi connectivity index (χ1) is 38.1. The molecule has 8 aromatic heterocycles. The quantitative estimate of drug-likeness (QED) is 0.0992. The predicted octanol–water partition coefficient (Wildman–Crippen LogP) is 13.2. The van der Waals surface area contributed by atoms with Crippen LogP contribution in [-0.4, -0.2) is 74.9 Å². The van der Waals surface area contributed by atoms with E-state index in [1.807, 2.05) is 136 Å². The van der Waals surface area contributed by atoms with Crippen LogP contribution in [0, 0.1) is 27.7 Å². The van der Waals surface area contributed by atoms with Crippen molar-refractivity contribution in [3.05, 3.63) is 211 Å². The summed E-state index contributed by atoms with van der Waals surface area (Å²) in [5.41, 5.74) is 13.0. The Morgan fingerprint density at radius 2 is 1.01 bits per heavy atom. The number of rotatable bonds is 13. The number of aromatic nitrogens is 11. The highest BCUT2D eigenvalue weighted by atomic mass is 16.5. The van der Waals surface area contributed by atoms with Crippen molar-refractivity contribution in [2.24, 2.45) is 0 Å². The molecule has 0 fully saturated rings. The molecule has 0 spiro atoms. The van der Waals surface area contributed by atoms with Gasteiger partial charge in [0.1, 0.15) is 17.1 Å². The molecule has 0 bridgehead atoms. The molecule has 0 unspecified atom stereocenters. The average Bonchev–Trinajstić information content (AvgIpc) is 4.29. The van der Waals surface area contributed by atoms with Crippen LogP contribution in [0.15, 0.2) is 184 Å².